The van der Waals surface area contributed by atoms with Gasteiger partial charge in [0.1, 0.15) is 17.9 Å². The molecule has 4 heteroatoms. The van der Waals surface area contributed by atoms with Crippen molar-refractivity contribution in [1.29, 1.82) is 0 Å². The Balaban J connectivity index is 1.84. The maximum Gasteiger partial charge on any atom is 0.342 e. The van der Waals surface area contributed by atoms with Crippen molar-refractivity contribution in [2.24, 2.45) is 0 Å². The maximum atomic E-state index is 12.2. The standard InChI is InChI=1S/C18H13BrO3/c19-16-8-4-2-6-13(16)11-22-18(21)15-10-9-12-5-1-3-7-14(12)17(15)20/h1-10,20H,11H2. The lowest BCUT2D eigenvalue weighted by atomic mass is 10.1. The number of carbonyl (C=O) groups excluding carboxylic acids is 1. The van der Waals surface area contributed by atoms with Gasteiger partial charge in [-0.05, 0) is 17.5 Å². The summed E-state index contributed by atoms with van der Waals surface area (Å²) in [6.45, 7) is 0.145. The van der Waals surface area contributed by atoms with E-state index in [-0.39, 0.29) is 17.9 Å². The third kappa shape index (κ3) is 2.83. The number of phenolic OH excluding ortho intramolecular Hbond substituents is 1. The van der Waals surface area contributed by atoms with E-state index in [1.54, 1.807) is 18.2 Å². The molecule has 0 saturated heterocycles. The van der Waals surface area contributed by atoms with Crippen molar-refractivity contribution in [3.05, 3.63) is 76.3 Å². The van der Waals surface area contributed by atoms with Crippen LogP contribution < -0.4 is 0 Å². The van der Waals surface area contributed by atoms with Gasteiger partial charge >= 0.3 is 5.97 Å². The lowest BCUT2D eigenvalue weighted by Crippen LogP contribution is -2.06. The molecule has 0 atom stereocenters. The van der Waals surface area contributed by atoms with Crippen LogP contribution in [0.3, 0.4) is 0 Å². The summed E-state index contributed by atoms with van der Waals surface area (Å²) in [5.74, 6) is -0.589. The molecule has 0 heterocycles. The van der Waals surface area contributed by atoms with E-state index in [1.807, 2.05) is 42.5 Å². The van der Waals surface area contributed by atoms with Crippen molar-refractivity contribution in [1.82, 2.24) is 0 Å². The number of benzene rings is 3. The van der Waals surface area contributed by atoms with Crippen LogP contribution >= 0.6 is 15.9 Å². The minimum absolute atomic E-state index is 0.0461. The van der Waals surface area contributed by atoms with E-state index >= 15 is 0 Å². The van der Waals surface area contributed by atoms with E-state index in [4.69, 9.17) is 4.74 Å². The summed E-state index contributed by atoms with van der Waals surface area (Å²) in [4.78, 5) is 12.2. The van der Waals surface area contributed by atoms with Crippen LogP contribution in [0.15, 0.2) is 65.1 Å². The fourth-order valence-electron chi connectivity index (χ4n) is 2.26. The number of esters is 1. The molecular weight excluding hydrogens is 344 g/mol. The summed E-state index contributed by atoms with van der Waals surface area (Å²) >= 11 is 3.41. The first-order chi connectivity index (χ1) is 10.7. The van der Waals surface area contributed by atoms with Gasteiger partial charge in [0.05, 0.1) is 0 Å². The quantitative estimate of drug-likeness (QED) is 0.694. The van der Waals surface area contributed by atoms with Crippen molar-refractivity contribution < 1.29 is 14.6 Å². The summed E-state index contributed by atoms with van der Waals surface area (Å²) in [5, 5.41) is 11.8. The highest BCUT2D eigenvalue weighted by atomic mass is 79.9. The summed E-state index contributed by atoms with van der Waals surface area (Å²) in [6.07, 6.45) is 0. The van der Waals surface area contributed by atoms with Crippen LogP contribution in [0.1, 0.15) is 15.9 Å². The van der Waals surface area contributed by atoms with E-state index < -0.39 is 5.97 Å². The fraction of sp³-hybridized carbons (Fsp3) is 0.0556. The van der Waals surface area contributed by atoms with Crippen molar-refractivity contribution in [2.45, 2.75) is 6.61 Å². The van der Waals surface area contributed by atoms with Crippen LogP contribution in [-0.4, -0.2) is 11.1 Å². The average Bonchev–Trinajstić information content (AvgIpc) is 2.54. The van der Waals surface area contributed by atoms with Gasteiger partial charge < -0.3 is 9.84 Å². The molecule has 0 unspecified atom stereocenters. The molecule has 22 heavy (non-hydrogen) atoms. The average molecular weight is 357 g/mol. The van der Waals surface area contributed by atoms with E-state index in [9.17, 15) is 9.90 Å². The summed E-state index contributed by atoms with van der Waals surface area (Å²) < 4.78 is 6.18. The molecule has 0 aliphatic carbocycles. The van der Waals surface area contributed by atoms with Crippen molar-refractivity contribution >= 4 is 32.7 Å². The number of ether oxygens (including phenoxy) is 1. The zero-order valence-corrected chi connectivity index (χ0v) is 13.2. The van der Waals surface area contributed by atoms with Gasteiger partial charge in [0, 0.05) is 15.4 Å². The molecule has 0 aliphatic heterocycles. The summed E-state index contributed by atoms with van der Waals surface area (Å²) in [5.41, 5.74) is 1.04. The normalized spacial score (nSPS) is 10.6. The van der Waals surface area contributed by atoms with E-state index in [0.29, 0.717) is 5.39 Å². The number of hydrogen-bond donors (Lipinski definition) is 1. The first kappa shape index (κ1) is 14.6. The lowest BCUT2D eigenvalue weighted by molar-refractivity contribution is 0.0469. The molecule has 3 aromatic rings. The Morgan fingerprint density at radius 2 is 1.73 bits per heavy atom. The Kier molecular flexibility index (Phi) is 4.11. The minimum Gasteiger partial charge on any atom is -0.506 e. The second-order valence-corrected chi connectivity index (χ2v) is 5.70. The number of aromatic hydroxyl groups is 1. The van der Waals surface area contributed by atoms with Crippen molar-refractivity contribution in [3.63, 3.8) is 0 Å². The number of halogens is 1. The van der Waals surface area contributed by atoms with Crippen LogP contribution in [-0.2, 0) is 11.3 Å². The molecule has 0 spiro atoms. The first-order valence-corrected chi connectivity index (χ1v) is 7.57. The zero-order chi connectivity index (χ0) is 15.5. The van der Waals surface area contributed by atoms with Crippen LogP contribution in [0.4, 0.5) is 0 Å². The highest BCUT2D eigenvalue weighted by molar-refractivity contribution is 9.10. The third-order valence-electron chi connectivity index (χ3n) is 3.44. The second-order valence-electron chi connectivity index (χ2n) is 4.85. The molecule has 0 aliphatic rings. The van der Waals surface area contributed by atoms with E-state index in [2.05, 4.69) is 15.9 Å². The molecule has 0 bridgehead atoms. The molecule has 1 N–H and O–H groups in total. The number of hydrogen-bond acceptors (Lipinski definition) is 3. The van der Waals surface area contributed by atoms with Gasteiger partial charge in [-0.25, -0.2) is 4.79 Å². The Labute approximate surface area is 136 Å². The Morgan fingerprint density at radius 1 is 1.00 bits per heavy atom. The topological polar surface area (TPSA) is 46.5 Å². The highest BCUT2D eigenvalue weighted by Gasteiger charge is 2.15. The highest BCUT2D eigenvalue weighted by Crippen LogP contribution is 2.29. The molecule has 0 saturated carbocycles. The van der Waals surface area contributed by atoms with Gasteiger partial charge in [0.2, 0.25) is 0 Å². The van der Waals surface area contributed by atoms with Gasteiger partial charge in [-0.1, -0.05) is 64.5 Å². The molecule has 0 radical (unpaired) electrons. The van der Waals surface area contributed by atoms with Gasteiger partial charge in [-0.2, -0.15) is 0 Å². The summed E-state index contributed by atoms with van der Waals surface area (Å²) in [7, 11) is 0. The number of phenols is 1. The van der Waals surface area contributed by atoms with Crippen LogP contribution in [0, 0.1) is 0 Å². The maximum absolute atomic E-state index is 12.2. The van der Waals surface area contributed by atoms with Crippen LogP contribution in [0.25, 0.3) is 10.8 Å². The molecule has 3 rings (SSSR count). The molecule has 3 nitrogen and oxygen atoms in total. The number of fused-ring (bicyclic) bond motifs is 1. The van der Waals surface area contributed by atoms with Gasteiger partial charge in [-0.3, -0.25) is 0 Å². The van der Waals surface area contributed by atoms with Gasteiger partial charge in [0.25, 0.3) is 0 Å². The van der Waals surface area contributed by atoms with Crippen molar-refractivity contribution in [2.75, 3.05) is 0 Å². The van der Waals surface area contributed by atoms with Gasteiger partial charge in [-0.15, -0.1) is 0 Å². The SMILES string of the molecule is O=C(OCc1ccccc1Br)c1ccc2ccccc2c1O. The molecule has 0 amide bonds. The van der Waals surface area contributed by atoms with Crippen molar-refractivity contribution in [3.8, 4) is 5.75 Å². The molecule has 110 valence electrons. The molecule has 0 aromatic heterocycles. The molecular formula is C18H13BrO3. The first-order valence-electron chi connectivity index (χ1n) is 6.78. The molecule has 0 fully saturated rings. The zero-order valence-electron chi connectivity index (χ0n) is 11.6. The lowest BCUT2D eigenvalue weighted by Gasteiger charge is -2.09. The Hall–Kier alpha value is -2.33. The van der Waals surface area contributed by atoms with Crippen LogP contribution in [0.5, 0.6) is 5.75 Å². The van der Waals surface area contributed by atoms with Gasteiger partial charge in [0.15, 0.2) is 0 Å². The largest absolute Gasteiger partial charge is 0.506 e. The predicted octanol–water partition coefficient (Wildman–Crippen LogP) is 4.66. The van der Waals surface area contributed by atoms with Crippen LogP contribution in [0.2, 0.25) is 0 Å². The number of rotatable bonds is 3. The minimum atomic E-state index is -0.543. The van der Waals surface area contributed by atoms with E-state index in [1.165, 1.54) is 0 Å². The monoisotopic (exact) mass is 356 g/mol. The Bertz CT molecular complexity index is 843. The smallest absolute Gasteiger partial charge is 0.342 e. The Morgan fingerprint density at radius 3 is 2.55 bits per heavy atom. The molecule has 3 aromatic carbocycles. The third-order valence-corrected chi connectivity index (χ3v) is 4.21. The predicted molar refractivity (Wildman–Crippen MR) is 88.9 cm³/mol. The fourth-order valence-corrected chi connectivity index (χ4v) is 2.66. The second kappa shape index (κ2) is 6.20. The summed E-state index contributed by atoms with van der Waals surface area (Å²) in [6, 6.07) is 18.3. The number of carbonyl (C=O) groups is 1. The van der Waals surface area contributed by atoms with E-state index in [0.717, 1.165) is 15.4 Å².